The number of fused-ring (bicyclic) bond motifs is 1. The molecule has 3 heterocycles. The summed E-state index contributed by atoms with van der Waals surface area (Å²) in [4.78, 5) is 28.4. The van der Waals surface area contributed by atoms with Gasteiger partial charge in [0.1, 0.15) is 18.3 Å². The number of rotatable bonds is 8. The van der Waals surface area contributed by atoms with Crippen molar-refractivity contribution in [1.29, 1.82) is 5.26 Å². The highest BCUT2D eigenvalue weighted by molar-refractivity contribution is 6.00. The molecule has 0 aliphatic rings. The number of aliphatic hydroxyl groups is 1. The highest BCUT2D eigenvalue weighted by atomic mass is 19.1. The van der Waals surface area contributed by atoms with E-state index in [0.717, 1.165) is 0 Å². The van der Waals surface area contributed by atoms with Crippen LogP contribution in [0.5, 0.6) is 0 Å². The Kier molecular flexibility index (Phi) is 6.60. The van der Waals surface area contributed by atoms with Crippen LogP contribution >= 0.6 is 0 Å². The quantitative estimate of drug-likeness (QED) is 0.403. The van der Waals surface area contributed by atoms with E-state index in [-0.39, 0.29) is 11.3 Å². The molecule has 0 spiro atoms. The van der Waals surface area contributed by atoms with Gasteiger partial charge in [0.15, 0.2) is 0 Å². The molecule has 172 valence electrons. The van der Waals surface area contributed by atoms with Crippen molar-refractivity contribution in [2.45, 2.75) is 38.6 Å². The molecule has 2 unspecified atom stereocenters. The molecule has 33 heavy (non-hydrogen) atoms. The zero-order valence-electron chi connectivity index (χ0n) is 18.2. The number of pyridine rings is 1. The smallest absolute Gasteiger partial charge is 0.325 e. The van der Waals surface area contributed by atoms with Crippen LogP contribution in [0.2, 0.25) is 0 Å². The van der Waals surface area contributed by atoms with Crippen LogP contribution in [0.25, 0.3) is 16.9 Å². The van der Waals surface area contributed by atoms with Gasteiger partial charge in [0.05, 0.1) is 52.1 Å². The van der Waals surface area contributed by atoms with Crippen molar-refractivity contribution < 1.29 is 24.2 Å². The van der Waals surface area contributed by atoms with E-state index in [1.165, 1.54) is 39.2 Å². The molecule has 0 radical (unpaired) electrons. The number of aliphatic carboxylic acids is 1. The SMILES string of the molecule is CC(Nc1cc(-c2ccc3cc(C#N)cnn23)ncc1C(=O)NCC(F)C(C)(C)O)C(=O)O. The minimum Gasteiger partial charge on any atom is -0.480 e. The second-order valence-corrected chi connectivity index (χ2v) is 8.06. The molecule has 0 aliphatic carbocycles. The minimum absolute atomic E-state index is 0.00961. The third-order valence-electron chi connectivity index (χ3n) is 4.99. The molecule has 3 aromatic heterocycles. The number of carboxylic acid groups (broad SMARTS) is 1. The molecule has 4 N–H and O–H groups in total. The van der Waals surface area contributed by atoms with Crippen LogP contribution in [0.4, 0.5) is 10.1 Å². The van der Waals surface area contributed by atoms with Crippen molar-refractivity contribution >= 4 is 23.1 Å². The lowest BCUT2D eigenvalue weighted by atomic mass is 10.0. The first kappa shape index (κ1) is 23.6. The fourth-order valence-corrected chi connectivity index (χ4v) is 2.97. The van der Waals surface area contributed by atoms with Crippen LogP contribution in [0.1, 0.15) is 36.7 Å². The highest BCUT2D eigenvalue weighted by Gasteiger charge is 2.27. The number of halogens is 1. The van der Waals surface area contributed by atoms with Crippen LogP contribution in [-0.4, -0.2) is 61.0 Å². The molecule has 0 fully saturated rings. The van der Waals surface area contributed by atoms with E-state index in [2.05, 4.69) is 20.7 Å². The van der Waals surface area contributed by atoms with E-state index in [1.54, 1.807) is 22.7 Å². The lowest BCUT2D eigenvalue weighted by molar-refractivity contribution is -0.137. The van der Waals surface area contributed by atoms with E-state index in [9.17, 15) is 24.2 Å². The van der Waals surface area contributed by atoms with Gasteiger partial charge in [-0.1, -0.05) is 0 Å². The number of nitrogens with one attached hydrogen (secondary N) is 2. The fraction of sp³-hybridized carbons (Fsp3) is 0.318. The lowest BCUT2D eigenvalue weighted by Gasteiger charge is -2.23. The Morgan fingerprint density at radius 1 is 1.30 bits per heavy atom. The van der Waals surface area contributed by atoms with Gasteiger partial charge in [0.25, 0.3) is 5.91 Å². The largest absolute Gasteiger partial charge is 0.480 e. The van der Waals surface area contributed by atoms with E-state index >= 15 is 0 Å². The minimum atomic E-state index is -1.71. The van der Waals surface area contributed by atoms with Gasteiger partial charge in [-0.2, -0.15) is 10.4 Å². The summed E-state index contributed by atoms with van der Waals surface area (Å²) in [5.74, 6) is -1.82. The van der Waals surface area contributed by atoms with Gasteiger partial charge in [-0.05, 0) is 45.0 Å². The second kappa shape index (κ2) is 9.22. The summed E-state index contributed by atoms with van der Waals surface area (Å²) in [5, 5.41) is 37.4. The molecule has 0 bridgehead atoms. The average molecular weight is 454 g/mol. The summed E-state index contributed by atoms with van der Waals surface area (Å²) in [5.41, 5.74) is 0.540. The molecule has 0 aromatic carbocycles. The average Bonchev–Trinajstić information content (AvgIpc) is 3.19. The molecular weight excluding hydrogens is 431 g/mol. The predicted octanol–water partition coefficient (Wildman–Crippen LogP) is 1.99. The molecular formula is C22H23FN6O4. The third kappa shape index (κ3) is 5.24. The van der Waals surface area contributed by atoms with Crippen molar-refractivity contribution in [3.8, 4) is 17.5 Å². The van der Waals surface area contributed by atoms with E-state index in [0.29, 0.717) is 22.5 Å². The molecule has 0 aliphatic heterocycles. The number of hydrogen-bond donors (Lipinski definition) is 4. The van der Waals surface area contributed by atoms with E-state index in [1.807, 2.05) is 6.07 Å². The Bertz CT molecular complexity index is 1240. The molecule has 10 nitrogen and oxygen atoms in total. The molecule has 0 saturated carbocycles. The number of aromatic nitrogens is 3. The van der Waals surface area contributed by atoms with Crippen LogP contribution in [0.15, 0.2) is 36.7 Å². The lowest BCUT2D eigenvalue weighted by Crippen LogP contribution is -2.42. The maximum Gasteiger partial charge on any atom is 0.325 e. The van der Waals surface area contributed by atoms with Gasteiger partial charge in [-0.25, -0.2) is 8.91 Å². The van der Waals surface area contributed by atoms with Gasteiger partial charge in [0.2, 0.25) is 0 Å². The summed E-state index contributed by atoms with van der Waals surface area (Å²) >= 11 is 0. The fourth-order valence-electron chi connectivity index (χ4n) is 2.97. The first-order valence-electron chi connectivity index (χ1n) is 10.0. The molecule has 2 atom stereocenters. The molecule has 1 amide bonds. The highest BCUT2D eigenvalue weighted by Crippen LogP contribution is 2.26. The number of alkyl halides is 1. The standard InChI is InChI=1S/C22H23FN6O4/c1-12(21(31)32)28-16-7-17(18-5-4-14-6-13(8-24)9-27-29(14)18)25-10-15(16)20(30)26-11-19(23)22(2,3)33/h4-7,9-10,12,19,33H,11H2,1-3H3,(H,25,28)(H,26,30)(H,31,32). The van der Waals surface area contributed by atoms with Crippen molar-refractivity contribution in [2.75, 3.05) is 11.9 Å². The monoisotopic (exact) mass is 454 g/mol. The van der Waals surface area contributed by atoms with Gasteiger partial charge < -0.3 is 20.8 Å². The zero-order valence-corrected chi connectivity index (χ0v) is 18.2. The summed E-state index contributed by atoms with van der Waals surface area (Å²) < 4.78 is 15.6. The number of carbonyl (C=O) groups excluding carboxylic acids is 1. The van der Waals surface area contributed by atoms with Crippen LogP contribution in [-0.2, 0) is 4.79 Å². The number of nitriles is 1. The number of hydrogen-bond acceptors (Lipinski definition) is 7. The Labute approximate surface area is 188 Å². The summed E-state index contributed by atoms with van der Waals surface area (Å²) in [7, 11) is 0. The van der Waals surface area contributed by atoms with Crippen LogP contribution in [0, 0.1) is 11.3 Å². The predicted molar refractivity (Wildman–Crippen MR) is 117 cm³/mol. The summed E-state index contributed by atoms with van der Waals surface area (Å²) in [6, 6.07) is 7.61. The van der Waals surface area contributed by atoms with Crippen LogP contribution < -0.4 is 10.6 Å². The van der Waals surface area contributed by atoms with E-state index < -0.39 is 36.2 Å². The Balaban J connectivity index is 1.98. The Morgan fingerprint density at radius 2 is 2.03 bits per heavy atom. The number of anilines is 1. The van der Waals surface area contributed by atoms with Crippen LogP contribution in [0.3, 0.4) is 0 Å². The topological polar surface area (TPSA) is 153 Å². The van der Waals surface area contributed by atoms with Gasteiger partial charge in [-0.3, -0.25) is 14.6 Å². The van der Waals surface area contributed by atoms with Gasteiger partial charge in [0, 0.05) is 6.20 Å². The molecule has 3 aromatic rings. The van der Waals surface area contributed by atoms with Gasteiger partial charge >= 0.3 is 5.97 Å². The normalized spacial score (nSPS) is 13.2. The van der Waals surface area contributed by atoms with Crippen molar-refractivity contribution in [3.05, 3.63) is 47.8 Å². The summed E-state index contributed by atoms with van der Waals surface area (Å²) in [6.45, 7) is 3.55. The Hall–Kier alpha value is -4.04. The first-order valence-corrected chi connectivity index (χ1v) is 10.0. The van der Waals surface area contributed by atoms with Crippen molar-refractivity contribution in [2.24, 2.45) is 0 Å². The second-order valence-electron chi connectivity index (χ2n) is 8.06. The van der Waals surface area contributed by atoms with E-state index in [4.69, 9.17) is 5.26 Å². The maximum atomic E-state index is 14.1. The number of nitrogens with zero attached hydrogens (tertiary/aromatic N) is 4. The van der Waals surface area contributed by atoms with Crippen molar-refractivity contribution in [1.82, 2.24) is 19.9 Å². The number of carboxylic acids is 1. The van der Waals surface area contributed by atoms with Gasteiger partial charge in [-0.15, -0.1) is 0 Å². The zero-order chi connectivity index (χ0) is 24.3. The molecule has 3 rings (SSSR count). The van der Waals surface area contributed by atoms with Crippen molar-refractivity contribution in [3.63, 3.8) is 0 Å². The Morgan fingerprint density at radius 3 is 2.67 bits per heavy atom. The first-order chi connectivity index (χ1) is 15.5. The molecule has 0 saturated heterocycles. The maximum absolute atomic E-state index is 14.1. The third-order valence-corrected chi connectivity index (χ3v) is 4.99. The number of carbonyl (C=O) groups is 2. The summed E-state index contributed by atoms with van der Waals surface area (Å²) in [6.07, 6.45) is 0.946. The number of amides is 1. The molecule has 11 heteroatoms.